The topological polar surface area (TPSA) is 45.7 Å². The standard InChI is InChI=1S/C21H33N3O2/c1-16-14-17(15-22-19(16)23-11-7-5-8-12-23)18-10-6-9-13-24(18)20(25)26-21(2,3)4/h14-15,18H,5-13H2,1-4H3. The van der Waals surface area contributed by atoms with Crippen LogP contribution in [-0.4, -0.2) is 41.2 Å². The summed E-state index contributed by atoms with van der Waals surface area (Å²) in [6, 6.07) is 2.30. The number of rotatable bonds is 2. The lowest BCUT2D eigenvalue weighted by atomic mass is 9.95. The molecular weight excluding hydrogens is 326 g/mol. The maximum atomic E-state index is 12.7. The molecule has 2 aliphatic heterocycles. The first kappa shape index (κ1) is 19.0. The van der Waals surface area contributed by atoms with Gasteiger partial charge in [-0.1, -0.05) is 0 Å². The highest BCUT2D eigenvalue weighted by Gasteiger charge is 2.32. The highest BCUT2D eigenvalue weighted by Crippen LogP contribution is 2.34. The Labute approximate surface area is 157 Å². The predicted molar refractivity (Wildman–Crippen MR) is 105 cm³/mol. The average Bonchev–Trinajstić information content (AvgIpc) is 2.61. The summed E-state index contributed by atoms with van der Waals surface area (Å²) in [4.78, 5) is 21.8. The van der Waals surface area contributed by atoms with Crippen LogP contribution in [0.3, 0.4) is 0 Å². The summed E-state index contributed by atoms with van der Waals surface area (Å²) in [5.74, 6) is 1.10. The highest BCUT2D eigenvalue weighted by molar-refractivity contribution is 5.69. The maximum absolute atomic E-state index is 12.7. The van der Waals surface area contributed by atoms with Gasteiger partial charge in [0.05, 0.1) is 6.04 Å². The van der Waals surface area contributed by atoms with E-state index in [0.717, 1.165) is 50.3 Å². The van der Waals surface area contributed by atoms with Crippen LogP contribution in [0.4, 0.5) is 10.6 Å². The Morgan fingerprint density at radius 2 is 1.81 bits per heavy atom. The Kier molecular flexibility index (Phi) is 5.73. The van der Waals surface area contributed by atoms with Crippen molar-refractivity contribution in [1.29, 1.82) is 0 Å². The molecule has 2 aliphatic rings. The molecule has 5 heteroatoms. The molecule has 2 fully saturated rings. The Hall–Kier alpha value is -1.78. The number of hydrogen-bond acceptors (Lipinski definition) is 4. The van der Waals surface area contributed by atoms with Crippen LogP contribution in [0.5, 0.6) is 0 Å². The fourth-order valence-corrected chi connectivity index (χ4v) is 4.03. The van der Waals surface area contributed by atoms with Gasteiger partial charge in [-0.05, 0) is 83.4 Å². The van der Waals surface area contributed by atoms with Gasteiger partial charge in [0.1, 0.15) is 11.4 Å². The van der Waals surface area contributed by atoms with Gasteiger partial charge >= 0.3 is 6.09 Å². The largest absolute Gasteiger partial charge is 0.444 e. The lowest BCUT2D eigenvalue weighted by molar-refractivity contribution is 0.00947. The number of anilines is 1. The van der Waals surface area contributed by atoms with Crippen LogP contribution in [-0.2, 0) is 4.74 Å². The van der Waals surface area contributed by atoms with Crippen LogP contribution < -0.4 is 4.90 Å². The molecule has 0 aliphatic carbocycles. The molecule has 1 unspecified atom stereocenters. The van der Waals surface area contributed by atoms with E-state index in [4.69, 9.17) is 9.72 Å². The number of carbonyl (C=O) groups excluding carboxylic acids is 1. The molecular formula is C21H33N3O2. The van der Waals surface area contributed by atoms with Crippen molar-refractivity contribution < 1.29 is 9.53 Å². The number of aryl methyl sites for hydroxylation is 1. The number of aromatic nitrogens is 1. The van der Waals surface area contributed by atoms with Crippen LogP contribution in [0.15, 0.2) is 12.3 Å². The van der Waals surface area contributed by atoms with E-state index in [0.29, 0.717) is 0 Å². The van der Waals surface area contributed by atoms with Gasteiger partial charge in [0.2, 0.25) is 0 Å². The van der Waals surface area contributed by atoms with Crippen LogP contribution in [0.2, 0.25) is 0 Å². The summed E-state index contributed by atoms with van der Waals surface area (Å²) >= 11 is 0. The third kappa shape index (κ3) is 4.49. The normalized spacial score (nSPS) is 21.6. The molecule has 0 saturated carbocycles. The molecule has 144 valence electrons. The van der Waals surface area contributed by atoms with Crippen LogP contribution in [0, 0.1) is 6.92 Å². The van der Waals surface area contributed by atoms with Gasteiger partial charge in [-0.2, -0.15) is 0 Å². The molecule has 3 rings (SSSR count). The van der Waals surface area contributed by atoms with Gasteiger partial charge in [-0.25, -0.2) is 9.78 Å². The first-order valence-electron chi connectivity index (χ1n) is 10.1. The Bertz CT molecular complexity index is 633. The van der Waals surface area contributed by atoms with Crippen molar-refractivity contribution in [3.05, 3.63) is 23.4 Å². The van der Waals surface area contributed by atoms with E-state index in [1.807, 2.05) is 31.9 Å². The van der Waals surface area contributed by atoms with E-state index in [-0.39, 0.29) is 12.1 Å². The number of likely N-dealkylation sites (tertiary alicyclic amines) is 1. The SMILES string of the molecule is Cc1cc(C2CCCCN2C(=O)OC(C)(C)C)cnc1N1CCCCC1. The molecule has 1 aromatic rings. The van der Waals surface area contributed by atoms with Gasteiger partial charge in [0.25, 0.3) is 0 Å². The second-order valence-corrected chi connectivity index (χ2v) is 8.64. The minimum Gasteiger partial charge on any atom is -0.444 e. The molecule has 0 N–H and O–H groups in total. The van der Waals surface area contributed by atoms with Crippen molar-refractivity contribution in [1.82, 2.24) is 9.88 Å². The fourth-order valence-electron chi connectivity index (χ4n) is 4.03. The average molecular weight is 360 g/mol. The zero-order valence-electron chi connectivity index (χ0n) is 16.8. The number of piperidine rings is 2. The molecule has 26 heavy (non-hydrogen) atoms. The molecule has 5 nitrogen and oxygen atoms in total. The number of amides is 1. The monoisotopic (exact) mass is 359 g/mol. The summed E-state index contributed by atoms with van der Waals surface area (Å²) in [6.07, 6.45) is 8.73. The molecule has 2 saturated heterocycles. The minimum atomic E-state index is -0.467. The first-order chi connectivity index (χ1) is 12.3. The molecule has 0 spiro atoms. The number of carbonyl (C=O) groups is 1. The van der Waals surface area contributed by atoms with Gasteiger partial charge in [-0.3, -0.25) is 0 Å². The Morgan fingerprint density at radius 1 is 1.12 bits per heavy atom. The zero-order valence-corrected chi connectivity index (χ0v) is 16.8. The third-order valence-electron chi connectivity index (χ3n) is 5.24. The van der Waals surface area contributed by atoms with E-state index in [2.05, 4.69) is 17.9 Å². The summed E-state index contributed by atoms with van der Waals surface area (Å²) < 4.78 is 5.64. The quantitative estimate of drug-likeness (QED) is 0.758. The van der Waals surface area contributed by atoms with Gasteiger partial charge in [0, 0.05) is 25.8 Å². The maximum Gasteiger partial charge on any atom is 0.410 e. The van der Waals surface area contributed by atoms with Crippen molar-refractivity contribution >= 4 is 11.9 Å². The van der Waals surface area contributed by atoms with Crippen LogP contribution in [0.25, 0.3) is 0 Å². The van der Waals surface area contributed by atoms with E-state index in [1.54, 1.807) is 0 Å². The Morgan fingerprint density at radius 3 is 2.46 bits per heavy atom. The van der Waals surface area contributed by atoms with E-state index in [1.165, 1.54) is 24.8 Å². The first-order valence-corrected chi connectivity index (χ1v) is 10.1. The summed E-state index contributed by atoms with van der Waals surface area (Å²) in [6.45, 7) is 10.9. The van der Waals surface area contributed by atoms with E-state index >= 15 is 0 Å². The van der Waals surface area contributed by atoms with Crippen molar-refractivity contribution in [2.24, 2.45) is 0 Å². The van der Waals surface area contributed by atoms with Crippen LogP contribution in [0.1, 0.15) is 76.5 Å². The summed E-state index contributed by atoms with van der Waals surface area (Å²) in [7, 11) is 0. The smallest absolute Gasteiger partial charge is 0.410 e. The van der Waals surface area contributed by atoms with Crippen molar-refractivity contribution in [3.63, 3.8) is 0 Å². The summed E-state index contributed by atoms with van der Waals surface area (Å²) in [5, 5.41) is 0. The highest BCUT2D eigenvalue weighted by atomic mass is 16.6. The third-order valence-corrected chi connectivity index (χ3v) is 5.24. The van der Waals surface area contributed by atoms with Gasteiger partial charge in [0.15, 0.2) is 0 Å². The molecule has 1 atom stereocenters. The molecule has 1 aromatic heterocycles. The zero-order chi connectivity index (χ0) is 18.7. The van der Waals surface area contributed by atoms with E-state index in [9.17, 15) is 4.79 Å². The predicted octanol–water partition coefficient (Wildman–Crippen LogP) is 4.84. The number of nitrogens with zero attached hydrogens (tertiary/aromatic N) is 3. The van der Waals surface area contributed by atoms with Crippen molar-refractivity contribution in [2.75, 3.05) is 24.5 Å². The van der Waals surface area contributed by atoms with E-state index < -0.39 is 5.60 Å². The lowest BCUT2D eigenvalue weighted by Gasteiger charge is -2.37. The lowest BCUT2D eigenvalue weighted by Crippen LogP contribution is -2.42. The molecule has 0 bridgehead atoms. The van der Waals surface area contributed by atoms with Gasteiger partial charge < -0.3 is 14.5 Å². The number of ether oxygens (including phenoxy) is 1. The van der Waals surface area contributed by atoms with Crippen LogP contribution >= 0.6 is 0 Å². The summed E-state index contributed by atoms with van der Waals surface area (Å²) in [5.41, 5.74) is 1.87. The van der Waals surface area contributed by atoms with Crippen molar-refractivity contribution in [3.8, 4) is 0 Å². The Balaban J connectivity index is 1.79. The minimum absolute atomic E-state index is 0.0696. The molecule has 0 radical (unpaired) electrons. The number of pyridine rings is 1. The fraction of sp³-hybridized carbons (Fsp3) is 0.714. The molecule has 1 amide bonds. The number of hydrogen-bond donors (Lipinski definition) is 0. The second-order valence-electron chi connectivity index (χ2n) is 8.64. The second kappa shape index (κ2) is 7.85. The van der Waals surface area contributed by atoms with Crippen molar-refractivity contribution in [2.45, 2.75) is 77.9 Å². The van der Waals surface area contributed by atoms with Gasteiger partial charge in [-0.15, -0.1) is 0 Å². The molecule has 0 aromatic carbocycles. The molecule has 3 heterocycles.